The van der Waals surface area contributed by atoms with Gasteiger partial charge in [-0.25, -0.2) is 0 Å². The van der Waals surface area contributed by atoms with Crippen molar-refractivity contribution in [3.05, 3.63) is 34.9 Å². The molecule has 142 valence electrons. The minimum Gasteiger partial charge on any atom is -0.395 e. The molecule has 0 unspecified atom stereocenters. The molecule has 1 aliphatic rings. The Bertz CT molecular complexity index is 628. The smallest absolute Gasteiger partial charge is 0.253 e. The maximum atomic E-state index is 12.6. The number of carbonyl (C=O) groups is 1. The molecule has 1 N–H and O–H groups in total. The molecule has 1 fully saturated rings. The fourth-order valence-electron chi connectivity index (χ4n) is 3.36. The van der Waals surface area contributed by atoms with Crippen LogP contribution in [0.2, 0.25) is 5.02 Å². The number of halogens is 1. The van der Waals surface area contributed by atoms with E-state index in [1.165, 1.54) is 0 Å². The van der Waals surface area contributed by atoms with Gasteiger partial charge in [-0.3, -0.25) is 9.69 Å². The van der Waals surface area contributed by atoms with E-state index < -0.39 is 0 Å². The van der Waals surface area contributed by atoms with E-state index >= 15 is 0 Å². The summed E-state index contributed by atoms with van der Waals surface area (Å²) in [7, 11) is 1.89. The quantitative estimate of drug-likeness (QED) is 0.775. The summed E-state index contributed by atoms with van der Waals surface area (Å²) in [5.74, 6) is 7.11. The number of likely N-dealkylation sites (N-methyl/N-ethyl adjacent to an activating group) is 1. The second kappa shape index (κ2) is 10.6. The first-order valence-electron chi connectivity index (χ1n) is 9.39. The Balaban J connectivity index is 1.82. The number of aliphatic hydroxyl groups is 1. The van der Waals surface area contributed by atoms with Gasteiger partial charge in [0.2, 0.25) is 0 Å². The van der Waals surface area contributed by atoms with Gasteiger partial charge in [0.1, 0.15) is 0 Å². The molecule has 0 atom stereocenters. The highest BCUT2D eigenvalue weighted by atomic mass is 35.5. The highest BCUT2D eigenvalue weighted by molar-refractivity contribution is 6.30. The van der Waals surface area contributed by atoms with Crippen molar-refractivity contribution in [1.29, 1.82) is 0 Å². The standard InChI is InChI=1S/C21H29ClN2O2/c1-3-24(15-16-25)14-4-5-17-6-12-20(13-7-17)23(2)21(26)18-8-10-19(22)11-9-18/h8-11,17,20,25H,3,6-7,12-16H2,1-2H3/t17-,20-. The van der Waals surface area contributed by atoms with Crippen LogP contribution in [0.25, 0.3) is 0 Å². The molecule has 0 bridgehead atoms. The second-order valence-electron chi connectivity index (χ2n) is 6.84. The molecule has 0 aromatic heterocycles. The molecule has 1 aromatic rings. The Morgan fingerprint density at radius 1 is 1.23 bits per heavy atom. The van der Waals surface area contributed by atoms with Gasteiger partial charge in [0.05, 0.1) is 13.2 Å². The number of nitrogens with zero attached hydrogens (tertiary/aromatic N) is 2. The fourth-order valence-corrected chi connectivity index (χ4v) is 3.49. The number of hydrogen-bond acceptors (Lipinski definition) is 3. The van der Waals surface area contributed by atoms with E-state index in [4.69, 9.17) is 16.7 Å². The van der Waals surface area contributed by atoms with Gasteiger partial charge >= 0.3 is 0 Å². The number of amides is 1. The van der Waals surface area contributed by atoms with Crippen molar-refractivity contribution in [3.8, 4) is 11.8 Å². The lowest BCUT2D eigenvalue weighted by Gasteiger charge is -2.33. The summed E-state index contributed by atoms with van der Waals surface area (Å²) < 4.78 is 0. The van der Waals surface area contributed by atoms with Crippen molar-refractivity contribution in [2.75, 3.05) is 33.3 Å². The van der Waals surface area contributed by atoms with Crippen molar-refractivity contribution in [1.82, 2.24) is 9.80 Å². The number of aliphatic hydroxyl groups excluding tert-OH is 1. The summed E-state index contributed by atoms with van der Waals surface area (Å²) in [4.78, 5) is 16.6. The predicted octanol–water partition coefficient (Wildman–Crippen LogP) is 3.29. The van der Waals surface area contributed by atoms with Crippen LogP contribution in [-0.2, 0) is 0 Å². The van der Waals surface area contributed by atoms with Gasteiger partial charge in [-0.15, -0.1) is 0 Å². The Hall–Kier alpha value is -1.54. The monoisotopic (exact) mass is 376 g/mol. The Kier molecular flexibility index (Phi) is 8.44. The number of hydrogen-bond donors (Lipinski definition) is 1. The van der Waals surface area contributed by atoms with Gasteiger partial charge in [0.15, 0.2) is 0 Å². The van der Waals surface area contributed by atoms with Crippen LogP contribution < -0.4 is 0 Å². The van der Waals surface area contributed by atoms with E-state index in [2.05, 4.69) is 23.7 Å². The van der Waals surface area contributed by atoms with Crippen molar-refractivity contribution in [3.63, 3.8) is 0 Å². The molecule has 1 aromatic carbocycles. The van der Waals surface area contributed by atoms with Crippen molar-refractivity contribution in [2.45, 2.75) is 38.6 Å². The molecular formula is C21H29ClN2O2. The number of carbonyl (C=O) groups excluding carboxylic acids is 1. The zero-order chi connectivity index (χ0) is 18.9. The molecule has 5 heteroatoms. The molecule has 2 rings (SSSR count). The number of rotatable bonds is 6. The molecule has 1 amide bonds. The van der Waals surface area contributed by atoms with Crippen LogP contribution in [0.4, 0.5) is 0 Å². The molecule has 0 heterocycles. The topological polar surface area (TPSA) is 43.8 Å². The first kappa shape index (κ1) is 20.8. The summed E-state index contributed by atoms with van der Waals surface area (Å²) in [6, 6.07) is 7.35. The van der Waals surface area contributed by atoms with Gasteiger partial charge in [-0.05, 0) is 56.5 Å². The Morgan fingerprint density at radius 2 is 1.88 bits per heavy atom. The minimum absolute atomic E-state index is 0.0544. The van der Waals surface area contributed by atoms with Gasteiger partial charge in [0, 0.05) is 36.1 Å². The van der Waals surface area contributed by atoms with Gasteiger partial charge < -0.3 is 10.0 Å². The average Bonchev–Trinajstić information content (AvgIpc) is 2.67. The summed E-state index contributed by atoms with van der Waals surface area (Å²) in [5, 5.41) is 9.65. The highest BCUT2D eigenvalue weighted by Gasteiger charge is 2.26. The largest absolute Gasteiger partial charge is 0.395 e. The normalized spacial score (nSPS) is 19.7. The van der Waals surface area contributed by atoms with E-state index in [0.717, 1.165) is 32.2 Å². The third kappa shape index (κ3) is 6.02. The Morgan fingerprint density at radius 3 is 2.46 bits per heavy atom. The zero-order valence-corrected chi connectivity index (χ0v) is 16.5. The maximum Gasteiger partial charge on any atom is 0.253 e. The van der Waals surface area contributed by atoms with Crippen molar-refractivity contribution >= 4 is 17.5 Å². The molecule has 1 saturated carbocycles. The lowest BCUT2D eigenvalue weighted by atomic mass is 9.85. The van der Waals surface area contributed by atoms with Crippen molar-refractivity contribution < 1.29 is 9.90 Å². The first-order valence-corrected chi connectivity index (χ1v) is 9.77. The van der Waals surface area contributed by atoms with E-state index in [1.54, 1.807) is 24.3 Å². The van der Waals surface area contributed by atoms with E-state index in [-0.39, 0.29) is 18.6 Å². The lowest BCUT2D eigenvalue weighted by Crippen LogP contribution is -2.39. The van der Waals surface area contributed by atoms with E-state index in [0.29, 0.717) is 29.6 Å². The molecule has 26 heavy (non-hydrogen) atoms. The SMILES string of the molecule is CCN(CC#C[C@H]1CC[C@H](N(C)C(=O)c2ccc(Cl)cc2)CC1)CCO. The fraction of sp³-hybridized carbons (Fsp3) is 0.571. The van der Waals surface area contributed by atoms with Crippen LogP contribution in [0.3, 0.4) is 0 Å². The lowest BCUT2D eigenvalue weighted by molar-refractivity contribution is 0.0686. The first-order chi connectivity index (χ1) is 12.5. The third-order valence-corrected chi connectivity index (χ3v) is 5.38. The van der Waals surface area contributed by atoms with Crippen LogP contribution in [0.15, 0.2) is 24.3 Å². The molecular weight excluding hydrogens is 348 g/mol. The maximum absolute atomic E-state index is 12.6. The number of benzene rings is 1. The summed E-state index contributed by atoms with van der Waals surface area (Å²) in [6.45, 7) is 4.55. The minimum atomic E-state index is 0.0544. The molecule has 0 spiro atoms. The van der Waals surface area contributed by atoms with Crippen LogP contribution in [0.1, 0.15) is 43.0 Å². The molecule has 0 radical (unpaired) electrons. The van der Waals surface area contributed by atoms with Gasteiger partial charge in [-0.1, -0.05) is 30.4 Å². The Labute approximate surface area is 162 Å². The molecule has 4 nitrogen and oxygen atoms in total. The molecule has 0 saturated heterocycles. The third-order valence-electron chi connectivity index (χ3n) is 5.13. The van der Waals surface area contributed by atoms with Crippen LogP contribution >= 0.6 is 11.6 Å². The van der Waals surface area contributed by atoms with Crippen LogP contribution in [0, 0.1) is 17.8 Å². The molecule has 0 aliphatic heterocycles. The summed E-state index contributed by atoms with van der Waals surface area (Å²) in [6.07, 6.45) is 4.04. The summed E-state index contributed by atoms with van der Waals surface area (Å²) in [5.41, 5.74) is 0.683. The molecule has 1 aliphatic carbocycles. The second-order valence-corrected chi connectivity index (χ2v) is 7.28. The zero-order valence-electron chi connectivity index (χ0n) is 15.7. The van der Waals surface area contributed by atoms with Gasteiger partial charge in [-0.2, -0.15) is 0 Å². The highest BCUT2D eigenvalue weighted by Crippen LogP contribution is 2.27. The summed E-state index contributed by atoms with van der Waals surface area (Å²) >= 11 is 5.90. The van der Waals surface area contributed by atoms with Crippen molar-refractivity contribution in [2.24, 2.45) is 5.92 Å². The van der Waals surface area contributed by atoms with Gasteiger partial charge in [0.25, 0.3) is 5.91 Å². The van der Waals surface area contributed by atoms with Crippen LogP contribution in [-0.4, -0.2) is 60.1 Å². The van der Waals surface area contributed by atoms with Crippen LogP contribution in [0.5, 0.6) is 0 Å². The average molecular weight is 377 g/mol. The van der Waals surface area contributed by atoms with E-state index in [1.807, 2.05) is 11.9 Å². The predicted molar refractivity (Wildman–Crippen MR) is 106 cm³/mol. The van der Waals surface area contributed by atoms with E-state index in [9.17, 15) is 4.79 Å².